The molecule has 0 saturated carbocycles. The van der Waals surface area contributed by atoms with Gasteiger partial charge >= 0.3 is 0 Å². The van der Waals surface area contributed by atoms with Crippen molar-refractivity contribution in [3.63, 3.8) is 0 Å². The van der Waals surface area contributed by atoms with Gasteiger partial charge in [-0.15, -0.1) is 0 Å². The molecular weight excluding hydrogens is 329 g/mol. The van der Waals surface area contributed by atoms with Gasteiger partial charge in [-0.05, 0) is 62.4 Å². The molecule has 0 unspecified atom stereocenters. The quantitative estimate of drug-likeness (QED) is 0.819. The van der Waals surface area contributed by atoms with Crippen molar-refractivity contribution < 1.29 is 9.18 Å². The minimum atomic E-state index is -0.226. The summed E-state index contributed by atoms with van der Waals surface area (Å²) in [7, 11) is 0. The molecule has 1 fully saturated rings. The van der Waals surface area contributed by atoms with E-state index in [0.29, 0.717) is 13.1 Å². The predicted molar refractivity (Wildman–Crippen MR) is 105 cm³/mol. The molecule has 5 heteroatoms. The number of halogens is 1. The highest BCUT2D eigenvalue weighted by Gasteiger charge is 2.22. The lowest BCUT2D eigenvalue weighted by molar-refractivity contribution is 0.0747. The Bertz CT molecular complexity index is 718. The summed E-state index contributed by atoms with van der Waals surface area (Å²) < 4.78 is 13.1. The number of anilines is 2. The van der Waals surface area contributed by atoms with Crippen LogP contribution >= 0.6 is 0 Å². The summed E-state index contributed by atoms with van der Waals surface area (Å²) in [6, 6.07) is 14.4. The van der Waals surface area contributed by atoms with E-state index in [2.05, 4.69) is 23.6 Å². The fourth-order valence-electron chi connectivity index (χ4n) is 3.41. The fraction of sp³-hybridized carbons (Fsp3) is 0.381. The van der Waals surface area contributed by atoms with Crippen LogP contribution in [0.1, 0.15) is 24.2 Å². The van der Waals surface area contributed by atoms with E-state index in [4.69, 9.17) is 0 Å². The summed E-state index contributed by atoms with van der Waals surface area (Å²) in [5, 5.41) is 0. The molecule has 0 radical (unpaired) electrons. The van der Waals surface area contributed by atoms with E-state index >= 15 is 0 Å². The molecule has 2 aromatic rings. The number of rotatable bonds is 5. The fourth-order valence-corrected chi connectivity index (χ4v) is 3.41. The molecule has 0 spiro atoms. The molecule has 0 aromatic heterocycles. The predicted octanol–water partition coefficient (Wildman–Crippen LogP) is 3.63. The van der Waals surface area contributed by atoms with Gasteiger partial charge < -0.3 is 14.7 Å². The maximum atomic E-state index is 13.1. The van der Waals surface area contributed by atoms with Crippen LogP contribution in [0.5, 0.6) is 0 Å². The Labute approximate surface area is 154 Å². The van der Waals surface area contributed by atoms with Gasteiger partial charge in [0, 0.05) is 56.2 Å². The van der Waals surface area contributed by atoms with E-state index in [9.17, 15) is 9.18 Å². The average Bonchev–Trinajstić information content (AvgIpc) is 2.70. The molecule has 0 N–H and O–H groups in total. The Morgan fingerprint density at radius 1 is 0.923 bits per heavy atom. The monoisotopic (exact) mass is 355 g/mol. The van der Waals surface area contributed by atoms with Crippen molar-refractivity contribution in [1.29, 1.82) is 0 Å². The van der Waals surface area contributed by atoms with Crippen molar-refractivity contribution in [3.8, 4) is 0 Å². The molecule has 0 atom stereocenters. The molecule has 2 aromatic carbocycles. The van der Waals surface area contributed by atoms with Crippen molar-refractivity contribution in [1.82, 2.24) is 4.90 Å². The second-order valence-corrected chi connectivity index (χ2v) is 6.47. The molecule has 0 aliphatic carbocycles. The molecule has 3 rings (SSSR count). The molecule has 1 saturated heterocycles. The van der Waals surface area contributed by atoms with Crippen molar-refractivity contribution in [2.24, 2.45) is 0 Å². The van der Waals surface area contributed by atoms with E-state index in [1.54, 1.807) is 12.1 Å². The largest absolute Gasteiger partial charge is 0.372 e. The second kappa shape index (κ2) is 8.21. The van der Waals surface area contributed by atoms with Gasteiger partial charge in [-0.2, -0.15) is 0 Å². The number of carbonyl (C=O) groups is 1. The normalized spacial score (nSPS) is 14.4. The SMILES string of the molecule is CCN(CC)c1ccc(C(=O)N2CCN(c3ccc(F)cc3)CC2)cc1. The summed E-state index contributed by atoms with van der Waals surface area (Å²) >= 11 is 0. The number of nitrogens with zero attached hydrogens (tertiary/aromatic N) is 3. The highest BCUT2D eigenvalue weighted by molar-refractivity contribution is 5.94. The highest BCUT2D eigenvalue weighted by Crippen LogP contribution is 2.19. The molecule has 1 aliphatic rings. The summed E-state index contributed by atoms with van der Waals surface area (Å²) in [5.41, 5.74) is 2.88. The third kappa shape index (κ3) is 3.98. The molecule has 4 nitrogen and oxygen atoms in total. The zero-order valence-electron chi connectivity index (χ0n) is 15.5. The van der Waals surface area contributed by atoms with Gasteiger partial charge in [0.25, 0.3) is 5.91 Å². The maximum Gasteiger partial charge on any atom is 0.253 e. The van der Waals surface area contributed by atoms with Crippen molar-refractivity contribution in [2.75, 3.05) is 49.1 Å². The summed E-state index contributed by atoms with van der Waals surface area (Å²) in [6.07, 6.45) is 0. The third-order valence-corrected chi connectivity index (χ3v) is 5.00. The molecule has 1 aliphatic heterocycles. The molecule has 0 bridgehead atoms. The van der Waals surface area contributed by atoms with Crippen LogP contribution in [0.3, 0.4) is 0 Å². The Balaban J connectivity index is 1.60. The van der Waals surface area contributed by atoms with Crippen LogP contribution in [0, 0.1) is 5.82 Å². The van der Waals surface area contributed by atoms with Gasteiger partial charge in [-0.3, -0.25) is 4.79 Å². The zero-order valence-corrected chi connectivity index (χ0v) is 15.5. The van der Waals surface area contributed by atoms with Gasteiger partial charge in [0.05, 0.1) is 0 Å². The minimum Gasteiger partial charge on any atom is -0.372 e. The van der Waals surface area contributed by atoms with Gasteiger partial charge in [0.1, 0.15) is 5.82 Å². The standard InChI is InChI=1S/C21H26FN3O/c1-3-23(4-2)19-9-5-17(6-10-19)21(26)25-15-13-24(14-16-25)20-11-7-18(22)8-12-20/h5-12H,3-4,13-16H2,1-2H3. The molecule has 1 amide bonds. The van der Waals surface area contributed by atoms with E-state index in [1.165, 1.54) is 12.1 Å². The zero-order chi connectivity index (χ0) is 18.5. The highest BCUT2D eigenvalue weighted by atomic mass is 19.1. The Hall–Kier alpha value is -2.56. The lowest BCUT2D eigenvalue weighted by Gasteiger charge is -2.36. The second-order valence-electron chi connectivity index (χ2n) is 6.47. The summed E-state index contributed by atoms with van der Waals surface area (Å²) in [5.74, 6) is -0.148. The van der Waals surface area contributed by atoms with Crippen LogP contribution in [-0.4, -0.2) is 50.1 Å². The Morgan fingerprint density at radius 3 is 2.04 bits per heavy atom. The minimum absolute atomic E-state index is 0.0786. The molecule has 138 valence electrons. The van der Waals surface area contributed by atoms with E-state index in [-0.39, 0.29) is 11.7 Å². The maximum absolute atomic E-state index is 13.1. The van der Waals surface area contributed by atoms with Crippen LogP contribution < -0.4 is 9.80 Å². The van der Waals surface area contributed by atoms with Crippen LogP contribution in [0.4, 0.5) is 15.8 Å². The van der Waals surface area contributed by atoms with Gasteiger partial charge in [-0.25, -0.2) is 4.39 Å². The summed E-state index contributed by atoms with van der Waals surface area (Å²) in [6.45, 7) is 9.03. The number of hydrogen-bond donors (Lipinski definition) is 0. The number of amides is 1. The first-order valence-electron chi connectivity index (χ1n) is 9.27. The number of benzene rings is 2. The first-order chi connectivity index (χ1) is 12.6. The average molecular weight is 355 g/mol. The lowest BCUT2D eigenvalue weighted by Crippen LogP contribution is -2.48. The smallest absolute Gasteiger partial charge is 0.253 e. The van der Waals surface area contributed by atoms with Crippen LogP contribution in [0.25, 0.3) is 0 Å². The van der Waals surface area contributed by atoms with Gasteiger partial charge in [0.15, 0.2) is 0 Å². The lowest BCUT2D eigenvalue weighted by atomic mass is 10.1. The van der Waals surface area contributed by atoms with Crippen molar-refractivity contribution in [2.45, 2.75) is 13.8 Å². The van der Waals surface area contributed by atoms with E-state index in [1.807, 2.05) is 29.2 Å². The topological polar surface area (TPSA) is 26.8 Å². The van der Waals surface area contributed by atoms with Crippen molar-refractivity contribution in [3.05, 3.63) is 59.9 Å². The van der Waals surface area contributed by atoms with Crippen LogP contribution in [-0.2, 0) is 0 Å². The molecule has 26 heavy (non-hydrogen) atoms. The third-order valence-electron chi connectivity index (χ3n) is 5.00. The summed E-state index contributed by atoms with van der Waals surface area (Å²) in [4.78, 5) is 19.1. The van der Waals surface area contributed by atoms with Crippen LogP contribution in [0.15, 0.2) is 48.5 Å². The molecule has 1 heterocycles. The Kier molecular flexibility index (Phi) is 5.76. The van der Waals surface area contributed by atoms with E-state index < -0.39 is 0 Å². The molecular formula is C21H26FN3O. The number of piperazine rings is 1. The van der Waals surface area contributed by atoms with Gasteiger partial charge in [-0.1, -0.05) is 0 Å². The first kappa shape index (κ1) is 18.2. The van der Waals surface area contributed by atoms with Gasteiger partial charge in [0.2, 0.25) is 0 Å². The Morgan fingerprint density at radius 2 is 1.50 bits per heavy atom. The number of hydrogen-bond acceptors (Lipinski definition) is 3. The number of carbonyl (C=O) groups excluding carboxylic acids is 1. The van der Waals surface area contributed by atoms with Crippen molar-refractivity contribution >= 4 is 17.3 Å². The van der Waals surface area contributed by atoms with E-state index in [0.717, 1.165) is 43.1 Å². The first-order valence-corrected chi connectivity index (χ1v) is 9.27. The van der Waals surface area contributed by atoms with Crippen LogP contribution in [0.2, 0.25) is 0 Å².